The second kappa shape index (κ2) is 3.61. The van der Waals surface area contributed by atoms with E-state index in [0.717, 1.165) is 18.8 Å². The van der Waals surface area contributed by atoms with E-state index in [0.29, 0.717) is 0 Å². The molecule has 0 aromatic rings. The molecular weight excluding hydrogens is 148 g/mol. The Morgan fingerprint density at radius 3 is 2.42 bits per heavy atom. The molecule has 0 amide bonds. The smallest absolute Gasteiger partial charge is 0.0726 e. The molecule has 1 fully saturated rings. The summed E-state index contributed by atoms with van der Waals surface area (Å²) >= 11 is 0. The van der Waals surface area contributed by atoms with Crippen molar-refractivity contribution in [2.24, 2.45) is 5.92 Å². The number of hydrogen-bond acceptors (Lipinski definition) is 1. The summed E-state index contributed by atoms with van der Waals surface area (Å²) in [5.74, 6) is 0.830. The number of hydrogen-bond donors (Lipinski definition) is 1. The average molecular weight is 166 g/mol. The van der Waals surface area contributed by atoms with Crippen LogP contribution in [0.4, 0.5) is 0 Å². The first kappa shape index (κ1) is 8.31. The minimum Gasteiger partial charge on any atom is -0.389 e. The minimum atomic E-state index is -0.123. The SMILES string of the molecule is OC1C=C(C2CCCCC2)CC1. The summed E-state index contributed by atoms with van der Waals surface area (Å²) in [7, 11) is 0. The Hall–Kier alpha value is -0.300. The molecule has 1 N–H and O–H groups in total. The van der Waals surface area contributed by atoms with Gasteiger partial charge >= 0.3 is 0 Å². The summed E-state index contributed by atoms with van der Waals surface area (Å²) in [5.41, 5.74) is 1.56. The molecule has 0 radical (unpaired) electrons. The third kappa shape index (κ3) is 1.71. The highest BCUT2D eigenvalue weighted by Crippen LogP contribution is 2.35. The van der Waals surface area contributed by atoms with Gasteiger partial charge in [0.2, 0.25) is 0 Å². The molecule has 0 bridgehead atoms. The number of aliphatic hydroxyl groups is 1. The molecule has 0 aromatic carbocycles. The van der Waals surface area contributed by atoms with E-state index in [-0.39, 0.29) is 6.10 Å². The Kier molecular flexibility index (Phi) is 2.50. The fraction of sp³-hybridized carbons (Fsp3) is 0.818. The van der Waals surface area contributed by atoms with E-state index in [1.54, 1.807) is 5.57 Å². The van der Waals surface area contributed by atoms with Crippen molar-refractivity contribution in [3.05, 3.63) is 11.6 Å². The monoisotopic (exact) mass is 166 g/mol. The molecule has 2 aliphatic carbocycles. The Morgan fingerprint density at radius 1 is 1.08 bits per heavy atom. The lowest BCUT2D eigenvalue weighted by molar-refractivity contribution is 0.223. The van der Waals surface area contributed by atoms with Crippen molar-refractivity contribution in [1.29, 1.82) is 0 Å². The van der Waals surface area contributed by atoms with Crippen LogP contribution < -0.4 is 0 Å². The molecule has 1 heteroatoms. The van der Waals surface area contributed by atoms with E-state index in [2.05, 4.69) is 6.08 Å². The summed E-state index contributed by atoms with van der Waals surface area (Å²) in [6.45, 7) is 0. The fourth-order valence-electron chi connectivity index (χ4n) is 2.54. The standard InChI is InChI=1S/C11H18O/c12-11-7-6-10(8-11)9-4-2-1-3-5-9/h8-9,11-12H,1-7H2. The molecule has 12 heavy (non-hydrogen) atoms. The van der Waals surface area contributed by atoms with Crippen LogP contribution in [0.5, 0.6) is 0 Å². The molecule has 1 atom stereocenters. The quantitative estimate of drug-likeness (QED) is 0.594. The number of aliphatic hydroxyl groups excluding tert-OH is 1. The van der Waals surface area contributed by atoms with E-state index in [1.807, 2.05) is 0 Å². The maximum atomic E-state index is 9.35. The van der Waals surface area contributed by atoms with Crippen LogP contribution in [-0.2, 0) is 0 Å². The summed E-state index contributed by atoms with van der Waals surface area (Å²) in [5, 5.41) is 9.35. The van der Waals surface area contributed by atoms with Gasteiger partial charge in [0.25, 0.3) is 0 Å². The van der Waals surface area contributed by atoms with E-state index in [9.17, 15) is 5.11 Å². The Morgan fingerprint density at radius 2 is 1.83 bits per heavy atom. The van der Waals surface area contributed by atoms with Gasteiger partial charge in [0.1, 0.15) is 0 Å². The molecule has 2 aliphatic rings. The second-order valence-electron chi connectivity index (χ2n) is 4.18. The van der Waals surface area contributed by atoms with Gasteiger partial charge in [-0.15, -0.1) is 0 Å². The molecule has 2 rings (SSSR count). The Balaban J connectivity index is 1.94. The Labute approximate surface area is 74.5 Å². The van der Waals surface area contributed by atoms with Crippen molar-refractivity contribution in [3.63, 3.8) is 0 Å². The normalized spacial score (nSPS) is 32.1. The molecular formula is C11H18O. The molecule has 0 aromatic heterocycles. The Bertz CT molecular complexity index is 177. The summed E-state index contributed by atoms with van der Waals surface area (Å²) in [6.07, 6.45) is 11.1. The fourth-order valence-corrected chi connectivity index (χ4v) is 2.54. The molecule has 1 saturated carbocycles. The van der Waals surface area contributed by atoms with Gasteiger partial charge in [-0.05, 0) is 31.6 Å². The zero-order chi connectivity index (χ0) is 8.39. The first-order valence-corrected chi connectivity index (χ1v) is 5.25. The third-order valence-corrected chi connectivity index (χ3v) is 3.26. The maximum Gasteiger partial charge on any atom is 0.0726 e. The van der Waals surface area contributed by atoms with E-state index in [1.165, 1.54) is 32.1 Å². The molecule has 0 spiro atoms. The predicted molar refractivity (Wildman–Crippen MR) is 49.9 cm³/mol. The van der Waals surface area contributed by atoms with Crippen molar-refractivity contribution < 1.29 is 5.11 Å². The largest absolute Gasteiger partial charge is 0.389 e. The van der Waals surface area contributed by atoms with Gasteiger partial charge in [-0.3, -0.25) is 0 Å². The molecule has 1 nitrogen and oxygen atoms in total. The van der Waals surface area contributed by atoms with E-state index >= 15 is 0 Å². The van der Waals surface area contributed by atoms with Crippen LogP contribution in [0.15, 0.2) is 11.6 Å². The van der Waals surface area contributed by atoms with Gasteiger partial charge in [0.05, 0.1) is 6.10 Å². The van der Waals surface area contributed by atoms with Crippen LogP contribution in [0.3, 0.4) is 0 Å². The van der Waals surface area contributed by atoms with Crippen molar-refractivity contribution >= 4 is 0 Å². The topological polar surface area (TPSA) is 20.2 Å². The molecule has 0 saturated heterocycles. The van der Waals surface area contributed by atoms with Crippen LogP contribution in [0.2, 0.25) is 0 Å². The lowest BCUT2D eigenvalue weighted by Crippen LogP contribution is -2.07. The van der Waals surface area contributed by atoms with Crippen LogP contribution >= 0.6 is 0 Å². The summed E-state index contributed by atoms with van der Waals surface area (Å²) in [4.78, 5) is 0. The summed E-state index contributed by atoms with van der Waals surface area (Å²) < 4.78 is 0. The first-order valence-electron chi connectivity index (χ1n) is 5.25. The highest BCUT2D eigenvalue weighted by molar-refractivity contribution is 5.15. The maximum absolute atomic E-state index is 9.35. The lowest BCUT2D eigenvalue weighted by atomic mass is 9.83. The van der Waals surface area contributed by atoms with Gasteiger partial charge in [0.15, 0.2) is 0 Å². The highest BCUT2D eigenvalue weighted by atomic mass is 16.3. The second-order valence-corrected chi connectivity index (χ2v) is 4.18. The van der Waals surface area contributed by atoms with E-state index in [4.69, 9.17) is 0 Å². The number of rotatable bonds is 1. The zero-order valence-corrected chi connectivity index (χ0v) is 7.63. The molecule has 0 aliphatic heterocycles. The van der Waals surface area contributed by atoms with Gasteiger partial charge < -0.3 is 5.11 Å². The van der Waals surface area contributed by atoms with Gasteiger partial charge in [-0.1, -0.05) is 30.9 Å². The average Bonchev–Trinajstić information content (AvgIpc) is 2.54. The predicted octanol–water partition coefficient (Wildman–Crippen LogP) is 2.65. The summed E-state index contributed by atoms with van der Waals surface area (Å²) in [6, 6.07) is 0. The van der Waals surface area contributed by atoms with Crippen molar-refractivity contribution in [1.82, 2.24) is 0 Å². The van der Waals surface area contributed by atoms with Crippen LogP contribution in [0.1, 0.15) is 44.9 Å². The molecule has 0 heterocycles. The zero-order valence-electron chi connectivity index (χ0n) is 7.63. The highest BCUT2D eigenvalue weighted by Gasteiger charge is 2.22. The van der Waals surface area contributed by atoms with Gasteiger partial charge in [-0.2, -0.15) is 0 Å². The van der Waals surface area contributed by atoms with Gasteiger partial charge in [-0.25, -0.2) is 0 Å². The van der Waals surface area contributed by atoms with Crippen molar-refractivity contribution in [3.8, 4) is 0 Å². The van der Waals surface area contributed by atoms with Crippen molar-refractivity contribution in [2.45, 2.75) is 51.0 Å². The van der Waals surface area contributed by atoms with E-state index < -0.39 is 0 Å². The van der Waals surface area contributed by atoms with Crippen LogP contribution in [-0.4, -0.2) is 11.2 Å². The third-order valence-electron chi connectivity index (χ3n) is 3.26. The number of allylic oxidation sites excluding steroid dienone is 1. The van der Waals surface area contributed by atoms with Crippen LogP contribution in [0, 0.1) is 5.92 Å². The van der Waals surface area contributed by atoms with Gasteiger partial charge in [0, 0.05) is 0 Å². The van der Waals surface area contributed by atoms with Crippen LogP contribution in [0.25, 0.3) is 0 Å². The lowest BCUT2D eigenvalue weighted by Gasteiger charge is -2.22. The molecule has 68 valence electrons. The first-order chi connectivity index (χ1) is 5.86. The van der Waals surface area contributed by atoms with Crippen molar-refractivity contribution in [2.75, 3.05) is 0 Å². The minimum absolute atomic E-state index is 0.123. The molecule has 1 unspecified atom stereocenters.